The highest BCUT2D eigenvalue weighted by Gasteiger charge is 2.15. The van der Waals surface area contributed by atoms with E-state index in [-0.39, 0.29) is 6.54 Å². The molecule has 23 heavy (non-hydrogen) atoms. The van der Waals surface area contributed by atoms with E-state index in [0.717, 1.165) is 12.1 Å². The van der Waals surface area contributed by atoms with Gasteiger partial charge < -0.3 is 15.4 Å². The number of carbonyl (C=O) groups is 1. The molecule has 1 amide bonds. The number of benzene rings is 2. The van der Waals surface area contributed by atoms with E-state index in [0.29, 0.717) is 18.0 Å². The van der Waals surface area contributed by atoms with E-state index in [2.05, 4.69) is 10.6 Å². The van der Waals surface area contributed by atoms with Crippen molar-refractivity contribution >= 4 is 17.3 Å². The van der Waals surface area contributed by atoms with Gasteiger partial charge in [0.1, 0.15) is 5.75 Å². The van der Waals surface area contributed by atoms with Crippen molar-refractivity contribution in [3.05, 3.63) is 53.8 Å². The smallest absolute Gasteiger partial charge is 0.243 e. The predicted molar refractivity (Wildman–Crippen MR) is 81.0 cm³/mol. The first-order valence-corrected chi connectivity index (χ1v) is 6.91. The Balaban J connectivity index is 1.91. The molecule has 0 aliphatic rings. The zero-order valence-corrected chi connectivity index (χ0v) is 12.3. The fourth-order valence-corrected chi connectivity index (χ4v) is 1.83. The SMILES string of the molecule is CCOc1ccc(NCC(=O)Nc2ccc(F)c(F)c2F)cc1. The van der Waals surface area contributed by atoms with Crippen LogP contribution in [-0.2, 0) is 4.79 Å². The molecule has 0 aliphatic carbocycles. The molecule has 122 valence electrons. The Morgan fingerprint density at radius 1 is 1.04 bits per heavy atom. The zero-order chi connectivity index (χ0) is 16.8. The molecule has 0 aromatic heterocycles. The van der Waals surface area contributed by atoms with Crippen LogP contribution in [0.5, 0.6) is 5.75 Å². The average molecular weight is 324 g/mol. The van der Waals surface area contributed by atoms with E-state index in [1.807, 2.05) is 6.92 Å². The van der Waals surface area contributed by atoms with Crippen LogP contribution in [0.4, 0.5) is 24.5 Å². The minimum atomic E-state index is -1.62. The van der Waals surface area contributed by atoms with Crippen molar-refractivity contribution < 1.29 is 22.7 Å². The van der Waals surface area contributed by atoms with Crippen LogP contribution in [0.3, 0.4) is 0 Å². The molecule has 0 saturated carbocycles. The Morgan fingerprint density at radius 2 is 1.74 bits per heavy atom. The molecule has 0 heterocycles. The summed E-state index contributed by atoms with van der Waals surface area (Å²) in [5.41, 5.74) is 0.247. The summed E-state index contributed by atoms with van der Waals surface area (Å²) in [4.78, 5) is 11.7. The first kappa shape index (κ1) is 16.7. The van der Waals surface area contributed by atoms with Gasteiger partial charge in [-0.3, -0.25) is 4.79 Å². The number of rotatable bonds is 6. The van der Waals surface area contributed by atoms with Gasteiger partial charge in [-0.2, -0.15) is 0 Å². The Kier molecular flexibility index (Phi) is 5.46. The highest BCUT2D eigenvalue weighted by atomic mass is 19.2. The number of ether oxygens (including phenoxy) is 1. The Morgan fingerprint density at radius 3 is 2.39 bits per heavy atom. The lowest BCUT2D eigenvalue weighted by atomic mass is 10.2. The number of carbonyl (C=O) groups excluding carboxylic acids is 1. The van der Waals surface area contributed by atoms with Crippen molar-refractivity contribution in [3.8, 4) is 5.75 Å². The standard InChI is InChI=1S/C16H15F3N2O2/c1-2-23-11-5-3-10(4-6-11)20-9-14(22)21-13-8-7-12(17)15(18)16(13)19/h3-8,20H,2,9H2,1H3,(H,21,22). The molecule has 0 saturated heterocycles. The van der Waals surface area contributed by atoms with Crippen molar-refractivity contribution in [1.82, 2.24) is 0 Å². The van der Waals surface area contributed by atoms with Crippen LogP contribution in [0.2, 0.25) is 0 Å². The normalized spacial score (nSPS) is 10.3. The topological polar surface area (TPSA) is 50.4 Å². The van der Waals surface area contributed by atoms with E-state index in [4.69, 9.17) is 4.74 Å². The van der Waals surface area contributed by atoms with Gasteiger partial charge in [0, 0.05) is 5.69 Å². The quantitative estimate of drug-likeness (QED) is 0.799. The summed E-state index contributed by atoms with van der Waals surface area (Å²) >= 11 is 0. The van der Waals surface area contributed by atoms with Gasteiger partial charge >= 0.3 is 0 Å². The number of anilines is 2. The molecule has 7 heteroatoms. The fraction of sp³-hybridized carbons (Fsp3) is 0.188. The predicted octanol–water partition coefficient (Wildman–Crippen LogP) is 3.55. The van der Waals surface area contributed by atoms with E-state index in [9.17, 15) is 18.0 Å². The number of hydrogen-bond acceptors (Lipinski definition) is 3. The van der Waals surface area contributed by atoms with Crippen LogP contribution >= 0.6 is 0 Å². The summed E-state index contributed by atoms with van der Waals surface area (Å²) in [5.74, 6) is -4.26. The van der Waals surface area contributed by atoms with Gasteiger partial charge in [-0.1, -0.05) is 0 Å². The molecular weight excluding hydrogens is 309 g/mol. The van der Waals surface area contributed by atoms with Crippen LogP contribution in [-0.4, -0.2) is 19.1 Å². The largest absolute Gasteiger partial charge is 0.494 e. The van der Waals surface area contributed by atoms with Crippen molar-refractivity contribution in [2.24, 2.45) is 0 Å². The molecule has 2 rings (SSSR count). The first-order chi connectivity index (χ1) is 11.0. The zero-order valence-electron chi connectivity index (χ0n) is 12.3. The second-order valence-corrected chi connectivity index (χ2v) is 4.58. The average Bonchev–Trinajstić information content (AvgIpc) is 2.55. The molecule has 0 bridgehead atoms. The fourth-order valence-electron chi connectivity index (χ4n) is 1.83. The maximum absolute atomic E-state index is 13.4. The van der Waals surface area contributed by atoms with Crippen LogP contribution < -0.4 is 15.4 Å². The lowest BCUT2D eigenvalue weighted by Crippen LogP contribution is -2.22. The van der Waals surface area contributed by atoms with Gasteiger partial charge in [0.2, 0.25) is 5.91 Å². The van der Waals surface area contributed by atoms with Crippen molar-refractivity contribution in [1.29, 1.82) is 0 Å². The van der Waals surface area contributed by atoms with Crippen molar-refractivity contribution in [2.45, 2.75) is 6.92 Å². The third-order valence-corrected chi connectivity index (χ3v) is 2.93. The summed E-state index contributed by atoms with van der Waals surface area (Å²) in [6.07, 6.45) is 0. The molecule has 0 radical (unpaired) electrons. The highest BCUT2D eigenvalue weighted by molar-refractivity contribution is 5.93. The molecule has 2 aromatic rings. The molecule has 2 aromatic carbocycles. The molecule has 0 fully saturated rings. The monoisotopic (exact) mass is 324 g/mol. The van der Waals surface area contributed by atoms with Gasteiger partial charge in [-0.15, -0.1) is 0 Å². The van der Waals surface area contributed by atoms with Gasteiger partial charge in [0.25, 0.3) is 0 Å². The molecule has 0 spiro atoms. The number of nitrogens with one attached hydrogen (secondary N) is 2. The van der Waals surface area contributed by atoms with Crippen LogP contribution in [0.15, 0.2) is 36.4 Å². The molecule has 0 unspecified atom stereocenters. The Labute approximate surface area is 131 Å². The second-order valence-electron chi connectivity index (χ2n) is 4.58. The van der Waals surface area contributed by atoms with Gasteiger partial charge in [0.15, 0.2) is 17.5 Å². The first-order valence-electron chi connectivity index (χ1n) is 6.91. The van der Waals surface area contributed by atoms with Crippen molar-refractivity contribution in [2.75, 3.05) is 23.8 Å². The van der Waals surface area contributed by atoms with Crippen LogP contribution in [0.1, 0.15) is 6.92 Å². The molecule has 0 aliphatic heterocycles. The molecular formula is C16H15F3N2O2. The van der Waals surface area contributed by atoms with Gasteiger partial charge in [0.05, 0.1) is 18.8 Å². The molecule has 2 N–H and O–H groups in total. The van der Waals surface area contributed by atoms with E-state index in [1.54, 1.807) is 24.3 Å². The molecule has 0 atom stereocenters. The van der Waals surface area contributed by atoms with Crippen LogP contribution in [0.25, 0.3) is 0 Å². The van der Waals surface area contributed by atoms with E-state index in [1.165, 1.54) is 0 Å². The number of amides is 1. The van der Waals surface area contributed by atoms with E-state index >= 15 is 0 Å². The van der Waals surface area contributed by atoms with Gasteiger partial charge in [-0.25, -0.2) is 13.2 Å². The van der Waals surface area contributed by atoms with E-state index < -0.39 is 29.0 Å². The maximum Gasteiger partial charge on any atom is 0.243 e. The lowest BCUT2D eigenvalue weighted by Gasteiger charge is -2.10. The second kappa shape index (κ2) is 7.53. The minimum absolute atomic E-state index is 0.160. The summed E-state index contributed by atoms with van der Waals surface area (Å²) in [7, 11) is 0. The van der Waals surface area contributed by atoms with Crippen LogP contribution in [0, 0.1) is 17.5 Å². The van der Waals surface area contributed by atoms with Crippen molar-refractivity contribution in [3.63, 3.8) is 0 Å². The lowest BCUT2D eigenvalue weighted by molar-refractivity contribution is -0.114. The summed E-state index contributed by atoms with van der Waals surface area (Å²) in [6.45, 7) is 2.26. The molecule has 4 nitrogen and oxygen atoms in total. The minimum Gasteiger partial charge on any atom is -0.494 e. The summed E-state index contributed by atoms with van der Waals surface area (Å²) in [5, 5.41) is 4.99. The summed E-state index contributed by atoms with van der Waals surface area (Å²) < 4.78 is 44.6. The Hall–Kier alpha value is -2.70. The third-order valence-electron chi connectivity index (χ3n) is 2.93. The highest BCUT2D eigenvalue weighted by Crippen LogP contribution is 2.19. The number of hydrogen-bond donors (Lipinski definition) is 2. The van der Waals surface area contributed by atoms with Gasteiger partial charge in [-0.05, 0) is 43.3 Å². The maximum atomic E-state index is 13.4. The summed E-state index contributed by atoms with van der Waals surface area (Å²) in [6, 6.07) is 8.61. The Bertz CT molecular complexity index is 690. The third kappa shape index (κ3) is 4.38. The number of halogens is 3.